The Bertz CT molecular complexity index is 568. The van der Waals surface area contributed by atoms with E-state index >= 15 is 0 Å². The van der Waals surface area contributed by atoms with Crippen LogP contribution in [0.15, 0.2) is 28.1 Å². The van der Waals surface area contributed by atoms with E-state index in [4.69, 9.17) is 4.74 Å². The van der Waals surface area contributed by atoms with Crippen LogP contribution in [0.4, 0.5) is 4.39 Å². The van der Waals surface area contributed by atoms with E-state index < -0.39 is 11.9 Å². The van der Waals surface area contributed by atoms with Crippen molar-refractivity contribution in [3.05, 3.63) is 49.9 Å². The van der Waals surface area contributed by atoms with Crippen molar-refractivity contribution in [1.82, 2.24) is 0 Å². The van der Waals surface area contributed by atoms with Crippen LogP contribution in [0.3, 0.4) is 0 Å². The van der Waals surface area contributed by atoms with Crippen LogP contribution < -0.4 is 4.74 Å². The standard InChI is InChI=1S/C13H12BrFO2S/c1-7-3-4-18-13(7)12(16)8-5-9(14)10(15)6-11(8)17-2/h3-6,12,16H,1-2H3. The quantitative estimate of drug-likeness (QED) is 0.919. The first-order chi connectivity index (χ1) is 8.54. The number of aliphatic hydroxyl groups is 1. The molecule has 0 bridgehead atoms. The first kappa shape index (κ1) is 13.5. The number of aliphatic hydroxyl groups excluding tert-OH is 1. The normalized spacial score (nSPS) is 12.5. The summed E-state index contributed by atoms with van der Waals surface area (Å²) in [5.74, 6) is -0.0679. The lowest BCUT2D eigenvalue weighted by Crippen LogP contribution is -2.03. The van der Waals surface area contributed by atoms with Crippen LogP contribution in [0.2, 0.25) is 0 Å². The molecule has 0 aliphatic carbocycles. The van der Waals surface area contributed by atoms with E-state index in [1.54, 1.807) is 6.07 Å². The lowest BCUT2D eigenvalue weighted by atomic mass is 10.0. The second-order valence-electron chi connectivity index (χ2n) is 3.88. The van der Waals surface area contributed by atoms with Crippen LogP contribution in [0.1, 0.15) is 22.1 Å². The van der Waals surface area contributed by atoms with Gasteiger partial charge < -0.3 is 9.84 Å². The minimum Gasteiger partial charge on any atom is -0.496 e. The highest BCUT2D eigenvalue weighted by atomic mass is 79.9. The Morgan fingerprint density at radius 1 is 1.44 bits per heavy atom. The number of hydrogen-bond acceptors (Lipinski definition) is 3. The molecule has 0 amide bonds. The molecule has 0 aliphatic rings. The van der Waals surface area contributed by atoms with Gasteiger partial charge in [-0.2, -0.15) is 0 Å². The summed E-state index contributed by atoms with van der Waals surface area (Å²) in [4.78, 5) is 0.840. The predicted molar refractivity (Wildman–Crippen MR) is 73.8 cm³/mol. The summed E-state index contributed by atoms with van der Waals surface area (Å²) in [7, 11) is 1.46. The summed E-state index contributed by atoms with van der Waals surface area (Å²) in [6.07, 6.45) is -0.808. The number of aryl methyl sites for hydroxylation is 1. The molecule has 1 unspecified atom stereocenters. The SMILES string of the molecule is COc1cc(F)c(Br)cc1C(O)c1sccc1C. The van der Waals surface area contributed by atoms with Crippen molar-refractivity contribution in [3.63, 3.8) is 0 Å². The number of hydrogen-bond donors (Lipinski definition) is 1. The zero-order chi connectivity index (χ0) is 13.3. The molecule has 1 heterocycles. The molecule has 1 aromatic carbocycles. The average molecular weight is 331 g/mol. The van der Waals surface area contributed by atoms with Crippen molar-refractivity contribution in [2.45, 2.75) is 13.0 Å². The van der Waals surface area contributed by atoms with Crippen molar-refractivity contribution in [3.8, 4) is 5.75 Å². The average Bonchev–Trinajstić information content (AvgIpc) is 2.77. The minimum atomic E-state index is -0.808. The molecular weight excluding hydrogens is 319 g/mol. The van der Waals surface area contributed by atoms with Gasteiger partial charge in [0.25, 0.3) is 0 Å². The molecule has 2 rings (SSSR count). The summed E-state index contributed by atoms with van der Waals surface area (Å²) in [6, 6.07) is 4.76. The lowest BCUT2D eigenvalue weighted by molar-refractivity contribution is 0.217. The highest BCUT2D eigenvalue weighted by molar-refractivity contribution is 9.10. The van der Waals surface area contributed by atoms with Crippen molar-refractivity contribution in [2.75, 3.05) is 7.11 Å². The fourth-order valence-electron chi connectivity index (χ4n) is 1.74. The van der Waals surface area contributed by atoms with Gasteiger partial charge in [-0.3, -0.25) is 0 Å². The Hall–Kier alpha value is -0.910. The van der Waals surface area contributed by atoms with Crippen LogP contribution in [0.25, 0.3) is 0 Å². The number of rotatable bonds is 3. The van der Waals surface area contributed by atoms with E-state index in [-0.39, 0.29) is 0 Å². The lowest BCUT2D eigenvalue weighted by Gasteiger charge is -2.15. The van der Waals surface area contributed by atoms with Crippen LogP contribution >= 0.6 is 27.3 Å². The molecule has 0 saturated carbocycles. The maximum atomic E-state index is 13.4. The largest absolute Gasteiger partial charge is 0.496 e. The van der Waals surface area contributed by atoms with E-state index in [9.17, 15) is 9.50 Å². The first-order valence-corrected chi connectivity index (χ1v) is 6.97. The molecule has 0 spiro atoms. The Morgan fingerprint density at radius 3 is 2.72 bits per heavy atom. The predicted octanol–water partition coefficient (Wildman–Crippen LogP) is 4.05. The summed E-state index contributed by atoms with van der Waals surface area (Å²) in [5.41, 5.74) is 1.56. The molecular formula is C13H12BrFO2S. The highest BCUT2D eigenvalue weighted by Crippen LogP contribution is 2.36. The van der Waals surface area contributed by atoms with Crippen LogP contribution in [-0.4, -0.2) is 12.2 Å². The molecule has 1 N–H and O–H groups in total. The minimum absolute atomic E-state index is 0.312. The van der Waals surface area contributed by atoms with Crippen LogP contribution in [-0.2, 0) is 0 Å². The van der Waals surface area contributed by atoms with Gasteiger partial charge in [-0.25, -0.2) is 4.39 Å². The van der Waals surface area contributed by atoms with Gasteiger partial charge >= 0.3 is 0 Å². The Labute approximate surface area is 117 Å². The Kier molecular flexibility index (Phi) is 4.04. The van der Waals surface area contributed by atoms with Gasteiger partial charge in [0.05, 0.1) is 11.6 Å². The summed E-state index contributed by atoms with van der Waals surface area (Å²) in [5, 5.41) is 12.3. The van der Waals surface area contributed by atoms with E-state index in [2.05, 4.69) is 15.9 Å². The van der Waals surface area contributed by atoms with Gasteiger partial charge in [-0.15, -0.1) is 11.3 Å². The summed E-state index contributed by atoms with van der Waals surface area (Å²) in [6.45, 7) is 1.93. The van der Waals surface area contributed by atoms with E-state index in [0.717, 1.165) is 10.4 Å². The number of thiophene rings is 1. The van der Waals surface area contributed by atoms with Gasteiger partial charge in [0.1, 0.15) is 17.7 Å². The number of benzene rings is 1. The fourth-order valence-corrected chi connectivity index (χ4v) is 3.03. The molecule has 1 atom stereocenters. The zero-order valence-corrected chi connectivity index (χ0v) is 12.3. The van der Waals surface area contributed by atoms with Gasteiger partial charge in [0.2, 0.25) is 0 Å². The molecule has 2 aromatic rings. The molecule has 96 valence electrons. The van der Waals surface area contributed by atoms with Gasteiger partial charge in [0.15, 0.2) is 0 Å². The second-order valence-corrected chi connectivity index (χ2v) is 5.68. The summed E-state index contributed by atoms with van der Waals surface area (Å²) < 4.78 is 18.9. The number of ether oxygens (including phenoxy) is 1. The van der Waals surface area contributed by atoms with Gasteiger partial charge in [-0.05, 0) is 45.9 Å². The number of methoxy groups -OCH3 is 1. The van der Waals surface area contributed by atoms with E-state index in [1.807, 2.05) is 18.4 Å². The second kappa shape index (κ2) is 5.38. The van der Waals surface area contributed by atoms with Gasteiger partial charge in [-0.1, -0.05) is 0 Å². The van der Waals surface area contributed by atoms with Crippen LogP contribution in [0, 0.1) is 12.7 Å². The third kappa shape index (κ3) is 2.43. The summed E-state index contributed by atoms with van der Waals surface area (Å²) >= 11 is 4.59. The van der Waals surface area contributed by atoms with Gasteiger partial charge in [0, 0.05) is 16.5 Å². The zero-order valence-electron chi connectivity index (χ0n) is 9.91. The third-order valence-corrected chi connectivity index (χ3v) is 4.40. The molecule has 5 heteroatoms. The molecule has 0 saturated heterocycles. The first-order valence-electron chi connectivity index (χ1n) is 5.29. The maximum Gasteiger partial charge on any atom is 0.141 e. The highest BCUT2D eigenvalue weighted by Gasteiger charge is 2.20. The molecule has 0 radical (unpaired) electrons. The maximum absolute atomic E-state index is 13.4. The number of halogens is 2. The fraction of sp³-hybridized carbons (Fsp3) is 0.231. The topological polar surface area (TPSA) is 29.5 Å². The molecule has 1 aromatic heterocycles. The Morgan fingerprint density at radius 2 is 2.17 bits per heavy atom. The monoisotopic (exact) mass is 330 g/mol. The van der Waals surface area contributed by atoms with Crippen molar-refractivity contribution in [2.24, 2.45) is 0 Å². The van der Waals surface area contributed by atoms with Crippen LogP contribution in [0.5, 0.6) is 5.75 Å². The van der Waals surface area contributed by atoms with E-state index in [1.165, 1.54) is 24.5 Å². The van der Waals surface area contributed by atoms with Crippen molar-refractivity contribution >= 4 is 27.3 Å². The third-order valence-electron chi connectivity index (χ3n) is 2.72. The van der Waals surface area contributed by atoms with Crippen molar-refractivity contribution < 1.29 is 14.2 Å². The molecule has 18 heavy (non-hydrogen) atoms. The molecule has 0 aliphatic heterocycles. The Balaban J connectivity index is 2.50. The van der Waals surface area contributed by atoms with Crippen molar-refractivity contribution in [1.29, 1.82) is 0 Å². The molecule has 2 nitrogen and oxygen atoms in total. The molecule has 0 fully saturated rings. The smallest absolute Gasteiger partial charge is 0.141 e. The van der Waals surface area contributed by atoms with E-state index in [0.29, 0.717) is 15.8 Å².